The first-order valence-electron chi connectivity index (χ1n) is 7.71. The Hall–Kier alpha value is -1.10. The smallest absolute Gasteiger partial charge is 0.303 e. The summed E-state index contributed by atoms with van der Waals surface area (Å²) in [4.78, 5) is 25.4. The number of nitrogens with zero attached hydrogens (tertiary/aromatic N) is 1. The zero-order valence-electron chi connectivity index (χ0n) is 12.4. The quantitative estimate of drug-likeness (QED) is 0.804. The number of hydrogen-bond acceptors (Lipinski definition) is 3. The van der Waals surface area contributed by atoms with E-state index in [0.717, 1.165) is 51.6 Å². The summed E-state index contributed by atoms with van der Waals surface area (Å²) in [6.45, 7) is 1.92. The minimum absolute atomic E-state index is 0.125. The first kappa shape index (κ1) is 15.3. The van der Waals surface area contributed by atoms with Gasteiger partial charge < -0.3 is 15.3 Å². The molecule has 2 rings (SSSR count). The highest BCUT2D eigenvalue weighted by Gasteiger charge is 2.39. The molecule has 0 aromatic heterocycles. The average Bonchev–Trinajstić information content (AvgIpc) is 2.86. The van der Waals surface area contributed by atoms with E-state index in [1.165, 1.54) is 0 Å². The Morgan fingerprint density at radius 2 is 1.80 bits per heavy atom. The minimum atomic E-state index is -0.774. The van der Waals surface area contributed by atoms with Gasteiger partial charge in [0.15, 0.2) is 0 Å². The van der Waals surface area contributed by atoms with Crippen molar-refractivity contribution in [2.45, 2.75) is 57.4 Å². The molecule has 1 aliphatic carbocycles. The second-order valence-electron chi connectivity index (χ2n) is 6.44. The number of carboxylic acid groups (broad SMARTS) is 1. The van der Waals surface area contributed by atoms with Crippen molar-refractivity contribution < 1.29 is 14.7 Å². The molecule has 1 heterocycles. The lowest BCUT2D eigenvalue weighted by atomic mass is 9.79. The van der Waals surface area contributed by atoms with Crippen LogP contribution < -0.4 is 5.32 Å². The van der Waals surface area contributed by atoms with Gasteiger partial charge in [0.05, 0.1) is 6.42 Å². The molecule has 1 aliphatic heterocycles. The number of carboxylic acids is 1. The van der Waals surface area contributed by atoms with E-state index in [4.69, 9.17) is 5.11 Å². The molecule has 20 heavy (non-hydrogen) atoms. The predicted octanol–water partition coefficient (Wildman–Crippen LogP) is 1.62. The minimum Gasteiger partial charge on any atom is -0.481 e. The van der Waals surface area contributed by atoms with Crippen LogP contribution >= 0.6 is 0 Å². The first-order chi connectivity index (χ1) is 9.52. The van der Waals surface area contributed by atoms with Gasteiger partial charge in [0.2, 0.25) is 5.91 Å². The zero-order valence-corrected chi connectivity index (χ0v) is 12.4. The van der Waals surface area contributed by atoms with Gasteiger partial charge in [0.25, 0.3) is 0 Å². The second kappa shape index (κ2) is 6.57. The van der Waals surface area contributed by atoms with Crippen molar-refractivity contribution in [1.29, 1.82) is 0 Å². The molecule has 0 atom stereocenters. The van der Waals surface area contributed by atoms with Crippen molar-refractivity contribution in [1.82, 2.24) is 10.2 Å². The van der Waals surface area contributed by atoms with Crippen LogP contribution in [-0.2, 0) is 9.59 Å². The molecule has 5 heteroatoms. The summed E-state index contributed by atoms with van der Waals surface area (Å²) in [5.74, 6) is -0.649. The maximum absolute atomic E-state index is 12.5. The Labute approximate surface area is 120 Å². The van der Waals surface area contributed by atoms with Crippen LogP contribution in [0.4, 0.5) is 0 Å². The first-order valence-corrected chi connectivity index (χ1v) is 7.71. The fourth-order valence-electron chi connectivity index (χ4n) is 3.70. The summed E-state index contributed by atoms with van der Waals surface area (Å²) in [5.41, 5.74) is -0.288. The SMILES string of the molecule is CN(C(=O)CC1(CC(=O)O)CCCC1)C1CCNCC1. The molecule has 5 nitrogen and oxygen atoms in total. The zero-order chi connectivity index (χ0) is 14.6. The molecule has 0 bridgehead atoms. The molecule has 2 aliphatic rings. The van der Waals surface area contributed by atoms with E-state index < -0.39 is 5.97 Å². The summed E-state index contributed by atoms with van der Waals surface area (Å²) in [6, 6.07) is 0.312. The molecular weight excluding hydrogens is 256 g/mol. The number of rotatable bonds is 5. The van der Waals surface area contributed by atoms with Crippen LogP contribution in [0.25, 0.3) is 0 Å². The lowest BCUT2D eigenvalue weighted by Gasteiger charge is -2.35. The third kappa shape index (κ3) is 3.72. The summed E-state index contributed by atoms with van der Waals surface area (Å²) in [6.07, 6.45) is 6.40. The monoisotopic (exact) mass is 282 g/mol. The number of amides is 1. The normalized spacial score (nSPS) is 22.6. The van der Waals surface area contributed by atoms with E-state index in [-0.39, 0.29) is 17.7 Å². The molecule has 0 spiro atoms. The van der Waals surface area contributed by atoms with Gasteiger partial charge in [-0.2, -0.15) is 0 Å². The molecule has 114 valence electrons. The van der Waals surface area contributed by atoms with Gasteiger partial charge in [-0.25, -0.2) is 0 Å². The van der Waals surface area contributed by atoms with Crippen LogP contribution in [0.5, 0.6) is 0 Å². The Kier molecular flexibility index (Phi) is 5.02. The third-order valence-electron chi connectivity index (χ3n) is 4.97. The van der Waals surface area contributed by atoms with Gasteiger partial charge in [0.1, 0.15) is 0 Å². The third-order valence-corrected chi connectivity index (χ3v) is 4.97. The van der Waals surface area contributed by atoms with Gasteiger partial charge >= 0.3 is 5.97 Å². The van der Waals surface area contributed by atoms with Crippen molar-refractivity contribution in [3.8, 4) is 0 Å². The van der Waals surface area contributed by atoms with Crippen molar-refractivity contribution in [3.05, 3.63) is 0 Å². The van der Waals surface area contributed by atoms with Crippen molar-refractivity contribution in [2.75, 3.05) is 20.1 Å². The maximum Gasteiger partial charge on any atom is 0.303 e. The van der Waals surface area contributed by atoms with Crippen molar-refractivity contribution in [3.63, 3.8) is 0 Å². The van der Waals surface area contributed by atoms with E-state index in [0.29, 0.717) is 12.5 Å². The summed E-state index contributed by atoms with van der Waals surface area (Å²) < 4.78 is 0. The Bertz CT molecular complexity index is 358. The summed E-state index contributed by atoms with van der Waals surface area (Å²) >= 11 is 0. The molecule has 1 saturated heterocycles. The molecule has 0 unspecified atom stereocenters. The topological polar surface area (TPSA) is 69.6 Å². The number of aliphatic carboxylic acids is 1. The van der Waals surface area contributed by atoms with Gasteiger partial charge in [0, 0.05) is 19.5 Å². The molecule has 0 aromatic carbocycles. The average molecular weight is 282 g/mol. The number of hydrogen-bond donors (Lipinski definition) is 2. The molecule has 2 fully saturated rings. The standard InChI is InChI=1S/C15H26N2O3/c1-17(12-4-8-16-9-5-12)13(18)10-15(11-14(19)20)6-2-3-7-15/h12,16H,2-11H2,1H3,(H,19,20). The summed E-state index contributed by atoms with van der Waals surface area (Å²) in [7, 11) is 1.88. The number of carbonyl (C=O) groups is 2. The van der Waals surface area contributed by atoms with Crippen LogP contribution in [0.15, 0.2) is 0 Å². The predicted molar refractivity (Wildman–Crippen MR) is 76.4 cm³/mol. The number of piperidine rings is 1. The fraction of sp³-hybridized carbons (Fsp3) is 0.867. The van der Waals surface area contributed by atoms with Crippen LogP contribution in [-0.4, -0.2) is 48.1 Å². The number of nitrogens with one attached hydrogen (secondary N) is 1. The van der Waals surface area contributed by atoms with Crippen LogP contribution in [0, 0.1) is 5.41 Å². The van der Waals surface area contributed by atoms with Gasteiger partial charge in [-0.1, -0.05) is 12.8 Å². The van der Waals surface area contributed by atoms with Gasteiger partial charge in [-0.05, 0) is 44.2 Å². The van der Waals surface area contributed by atoms with Crippen molar-refractivity contribution >= 4 is 11.9 Å². The van der Waals surface area contributed by atoms with Gasteiger partial charge in [-0.15, -0.1) is 0 Å². The molecule has 1 saturated carbocycles. The maximum atomic E-state index is 12.5. The lowest BCUT2D eigenvalue weighted by molar-refractivity contribution is -0.141. The van der Waals surface area contributed by atoms with E-state index in [1.54, 1.807) is 0 Å². The fourth-order valence-corrected chi connectivity index (χ4v) is 3.70. The highest BCUT2D eigenvalue weighted by molar-refractivity contribution is 5.78. The number of carbonyl (C=O) groups excluding carboxylic acids is 1. The van der Waals surface area contributed by atoms with Crippen LogP contribution in [0.3, 0.4) is 0 Å². The van der Waals surface area contributed by atoms with E-state index in [9.17, 15) is 9.59 Å². The van der Waals surface area contributed by atoms with Crippen molar-refractivity contribution in [2.24, 2.45) is 5.41 Å². The summed E-state index contributed by atoms with van der Waals surface area (Å²) in [5, 5.41) is 12.4. The van der Waals surface area contributed by atoms with Crippen LogP contribution in [0.2, 0.25) is 0 Å². The van der Waals surface area contributed by atoms with E-state index in [1.807, 2.05) is 11.9 Å². The Morgan fingerprint density at radius 1 is 1.20 bits per heavy atom. The molecule has 0 radical (unpaired) electrons. The van der Waals surface area contributed by atoms with E-state index >= 15 is 0 Å². The largest absolute Gasteiger partial charge is 0.481 e. The highest BCUT2D eigenvalue weighted by atomic mass is 16.4. The molecular formula is C15H26N2O3. The lowest BCUT2D eigenvalue weighted by Crippen LogP contribution is -2.45. The Balaban J connectivity index is 1.95. The Morgan fingerprint density at radius 3 is 2.35 bits per heavy atom. The molecule has 0 aromatic rings. The van der Waals surface area contributed by atoms with Gasteiger partial charge in [-0.3, -0.25) is 9.59 Å². The van der Waals surface area contributed by atoms with E-state index in [2.05, 4.69) is 5.32 Å². The molecule has 2 N–H and O–H groups in total. The highest BCUT2D eigenvalue weighted by Crippen LogP contribution is 2.44. The van der Waals surface area contributed by atoms with Crippen LogP contribution in [0.1, 0.15) is 51.4 Å². The second-order valence-corrected chi connectivity index (χ2v) is 6.44. The molecule has 1 amide bonds.